The first-order valence-electron chi connectivity index (χ1n) is 4.04. The quantitative estimate of drug-likeness (QED) is 0.543. The Morgan fingerprint density at radius 2 is 2.00 bits per heavy atom. The Hall–Kier alpha value is -0.570. The summed E-state index contributed by atoms with van der Waals surface area (Å²) in [5.41, 5.74) is 0. The summed E-state index contributed by atoms with van der Waals surface area (Å²) < 4.78 is 0. The standard InChI is InChI=1S/C8H18N2O/c1-7(2)8(4-9-3)5-10-6-11/h6-9H,4-5H2,1-3H3,(H,10,11). The van der Waals surface area contributed by atoms with Crippen molar-refractivity contribution in [1.29, 1.82) is 0 Å². The molecule has 0 saturated carbocycles. The Morgan fingerprint density at radius 1 is 1.36 bits per heavy atom. The lowest BCUT2D eigenvalue weighted by atomic mass is 9.96. The van der Waals surface area contributed by atoms with E-state index in [4.69, 9.17) is 0 Å². The molecule has 0 rings (SSSR count). The zero-order valence-electron chi connectivity index (χ0n) is 7.55. The first kappa shape index (κ1) is 10.4. The molecule has 0 heterocycles. The van der Waals surface area contributed by atoms with Crippen LogP contribution in [0.5, 0.6) is 0 Å². The normalized spacial score (nSPS) is 13.1. The molecular weight excluding hydrogens is 140 g/mol. The lowest BCUT2D eigenvalue weighted by molar-refractivity contribution is -0.109. The predicted molar refractivity (Wildman–Crippen MR) is 46.3 cm³/mol. The van der Waals surface area contributed by atoms with E-state index in [-0.39, 0.29) is 0 Å². The highest BCUT2D eigenvalue weighted by Gasteiger charge is 2.10. The molecule has 66 valence electrons. The van der Waals surface area contributed by atoms with Crippen molar-refractivity contribution in [3.8, 4) is 0 Å². The van der Waals surface area contributed by atoms with Gasteiger partial charge in [-0.15, -0.1) is 0 Å². The second kappa shape index (κ2) is 6.16. The average molecular weight is 158 g/mol. The number of rotatable bonds is 6. The van der Waals surface area contributed by atoms with Crippen molar-refractivity contribution in [1.82, 2.24) is 10.6 Å². The molecule has 3 heteroatoms. The van der Waals surface area contributed by atoms with E-state index in [9.17, 15) is 4.79 Å². The molecule has 2 N–H and O–H groups in total. The predicted octanol–water partition coefficient (Wildman–Crippen LogP) is 0.224. The smallest absolute Gasteiger partial charge is 0.207 e. The van der Waals surface area contributed by atoms with Crippen molar-refractivity contribution in [2.24, 2.45) is 11.8 Å². The lowest BCUT2D eigenvalue weighted by Gasteiger charge is -2.19. The minimum Gasteiger partial charge on any atom is -0.358 e. The van der Waals surface area contributed by atoms with Crippen molar-refractivity contribution in [2.75, 3.05) is 20.1 Å². The van der Waals surface area contributed by atoms with Gasteiger partial charge in [-0.05, 0) is 25.4 Å². The van der Waals surface area contributed by atoms with Crippen molar-refractivity contribution >= 4 is 6.41 Å². The first-order chi connectivity index (χ1) is 5.22. The fraction of sp³-hybridized carbons (Fsp3) is 0.875. The molecule has 3 nitrogen and oxygen atoms in total. The van der Waals surface area contributed by atoms with Crippen molar-refractivity contribution in [2.45, 2.75) is 13.8 Å². The highest BCUT2D eigenvalue weighted by Crippen LogP contribution is 2.07. The van der Waals surface area contributed by atoms with E-state index in [1.165, 1.54) is 0 Å². The van der Waals surface area contributed by atoms with Crippen LogP contribution in [0.1, 0.15) is 13.8 Å². The van der Waals surface area contributed by atoms with Crippen LogP contribution in [-0.4, -0.2) is 26.5 Å². The summed E-state index contributed by atoms with van der Waals surface area (Å²) in [7, 11) is 1.93. The topological polar surface area (TPSA) is 41.1 Å². The Bertz CT molecular complexity index is 104. The summed E-state index contributed by atoms with van der Waals surface area (Å²) in [6, 6.07) is 0. The molecule has 0 aliphatic heterocycles. The van der Waals surface area contributed by atoms with Crippen molar-refractivity contribution in [3.05, 3.63) is 0 Å². The highest BCUT2D eigenvalue weighted by molar-refractivity contribution is 5.45. The van der Waals surface area contributed by atoms with E-state index in [1.807, 2.05) is 7.05 Å². The van der Waals surface area contributed by atoms with Crippen LogP contribution in [0.3, 0.4) is 0 Å². The number of carbonyl (C=O) groups is 1. The molecule has 0 fully saturated rings. The number of hydrogen-bond acceptors (Lipinski definition) is 2. The summed E-state index contributed by atoms with van der Waals surface area (Å²) in [6.07, 6.45) is 0.755. The number of nitrogens with one attached hydrogen (secondary N) is 2. The molecule has 1 amide bonds. The van der Waals surface area contributed by atoms with Gasteiger partial charge in [0.1, 0.15) is 0 Å². The molecule has 0 radical (unpaired) electrons. The molecule has 0 aliphatic carbocycles. The number of amides is 1. The summed E-state index contributed by atoms with van der Waals surface area (Å²) in [4.78, 5) is 10.0. The molecule has 0 aromatic heterocycles. The van der Waals surface area contributed by atoms with Gasteiger partial charge in [0.15, 0.2) is 0 Å². The molecule has 0 aliphatic rings. The molecule has 1 unspecified atom stereocenters. The second-order valence-electron chi connectivity index (χ2n) is 3.09. The maximum Gasteiger partial charge on any atom is 0.207 e. The maximum atomic E-state index is 10.0. The van der Waals surface area contributed by atoms with Gasteiger partial charge in [-0.25, -0.2) is 0 Å². The van der Waals surface area contributed by atoms with Crippen molar-refractivity contribution in [3.63, 3.8) is 0 Å². The van der Waals surface area contributed by atoms with E-state index in [0.29, 0.717) is 11.8 Å². The van der Waals surface area contributed by atoms with E-state index < -0.39 is 0 Å². The second-order valence-corrected chi connectivity index (χ2v) is 3.09. The Balaban J connectivity index is 3.59. The minimum absolute atomic E-state index is 0.533. The van der Waals surface area contributed by atoms with E-state index >= 15 is 0 Å². The number of carbonyl (C=O) groups excluding carboxylic acids is 1. The van der Waals surface area contributed by atoms with Gasteiger partial charge in [0.05, 0.1) is 0 Å². The van der Waals surface area contributed by atoms with Crippen LogP contribution in [0, 0.1) is 11.8 Å². The van der Waals surface area contributed by atoms with Crippen LogP contribution in [0.4, 0.5) is 0 Å². The van der Waals surface area contributed by atoms with Gasteiger partial charge in [0, 0.05) is 6.54 Å². The van der Waals surface area contributed by atoms with Gasteiger partial charge in [-0.3, -0.25) is 4.79 Å². The Kier molecular flexibility index (Phi) is 5.84. The molecule has 0 saturated heterocycles. The van der Waals surface area contributed by atoms with Gasteiger partial charge < -0.3 is 10.6 Å². The van der Waals surface area contributed by atoms with Gasteiger partial charge in [0.25, 0.3) is 0 Å². The fourth-order valence-electron chi connectivity index (χ4n) is 1.01. The minimum atomic E-state index is 0.533. The van der Waals surface area contributed by atoms with Gasteiger partial charge in [0.2, 0.25) is 6.41 Å². The SMILES string of the molecule is CNCC(CNC=O)C(C)C. The average Bonchev–Trinajstić information content (AvgIpc) is 1.97. The Labute approximate surface area is 68.6 Å². The summed E-state index contributed by atoms with van der Waals surface area (Å²) in [6.45, 7) is 6.05. The molecule has 0 bridgehead atoms. The third-order valence-corrected chi connectivity index (χ3v) is 1.87. The van der Waals surface area contributed by atoms with Crippen LogP contribution in [-0.2, 0) is 4.79 Å². The number of hydrogen-bond donors (Lipinski definition) is 2. The molecule has 0 aromatic carbocycles. The third-order valence-electron chi connectivity index (χ3n) is 1.87. The lowest BCUT2D eigenvalue weighted by Crippen LogP contribution is -2.32. The Morgan fingerprint density at radius 3 is 2.36 bits per heavy atom. The van der Waals surface area contributed by atoms with Crippen LogP contribution in [0.2, 0.25) is 0 Å². The van der Waals surface area contributed by atoms with Crippen molar-refractivity contribution < 1.29 is 4.79 Å². The fourth-order valence-corrected chi connectivity index (χ4v) is 1.01. The van der Waals surface area contributed by atoms with Crippen LogP contribution in [0.25, 0.3) is 0 Å². The van der Waals surface area contributed by atoms with E-state index in [1.54, 1.807) is 0 Å². The maximum absolute atomic E-state index is 10.0. The largest absolute Gasteiger partial charge is 0.358 e. The van der Waals surface area contributed by atoms with Gasteiger partial charge in [-0.1, -0.05) is 13.8 Å². The zero-order valence-corrected chi connectivity index (χ0v) is 7.55. The monoisotopic (exact) mass is 158 g/mol. The van der Waals surface area contributed by atoms with Crippen LogP contribution in [0.15, 0.2) is 0 Å². The van der Waals surface area contributed by atoms with E-state index in [2.05, 4.69) is 24.5 Å². The van der Waals surface area contributed by atoms with Gasteiger partial charge >= 0.3 is 0 Å². The third kappa shape index (κ3) is 4.79. The van der Waals surface area contributed by atoms with Crippen LogP contribution < -0.4 is 10.6 Å². The van der Waals surface area contributed by atoms with Crippen LogP contribution >= 0.6 is 0 Å². The summed E-state index contributed by atoms with van der Waals surface area (Å²) in [5, 5.41) is 5.80. The zero-order chi connectivity index (χ0) is 8.69. The molecule has 1 atom stereocenters. The molecule has 0 spiro atoms. The van der Waals surface area contributed by atoms with E-state index in [0.717, 1.165) is 19.5 Å². The molecule has 11 heavy (non-hydrogen) atoms. The summed E-state index contributed by atoms with van der Waals surface area (Å²) in [5.74, 6) is 1.14. The first-order valence-corrected chi connectivity index (χ1v) is 4.04. The highest BCUT2D eigenvalue weighted by atomic mass is 16.1. The summed E-state index contributed by atoms with van der Waals surface area (Å²) >= 11 is 0. The molecule has 0 aromatic rings. The van der Waals surface area contributed by atoms with Gasteiger partial charge in [-0.2, -0.15) is 0 Å². The molecular formula is C8H18N2O.